The topological polar surface area (TPSA) is 12.0 Å². The highest BCUT2D eigenvalue weighted by Gasteiger charge is 2.00. The van der Waals surface area contributed by atoms with E-state index in [4.69, 9.17) is 34.8 Å². The predicted molar refractivity (Wildman–Crippen MR) is 63.2 cm³/mol. The summed E-state index contributed by atoms with van der Waals surface area (Å²) < 4.78 is 0. The van der Waals surface area contributed by atoms with Gasteiger partial charge in [-0.3, -0.25) is 0 Å². The van der Waals surface area contributed by atoms with E-state index in [-0.39, 0.29) is 0 Å². The molecule has 0 heterocycles. The smallest absolute Gasteiger partial charge is 0.0451 e. The number of benzene rings is 1. The lowest BCUT2D eigenvalue weighted by molar-refractivity contribution is 0.755. The van der Waals surface area contributed by atoms with Gasteiger partial charge in [0.1, 0.15) is 0 Å². The van der Waals surface area contributed by atoms with Crippen molar-refractivity contribution in [3.8, 4) is 0 Å². The normalized spacial score (nSPS) is 10.2. The molecule has 0 aromatic heterocycles. The van der Waals surface area contributed by atoms with Gasteiger partial charge in [0.15, 0.2) is 0 Å². The Morgan fingerprint density at radius 1 is 1.36 bits per heavy atom. The van der Waals surface area contributed by atoms with Crippen LogP contribution in [-0.4, -0.2) is 6.54 Å². The van der Waals surface area contributed by atoms with E-state index in [1.54, 1.807) is 12.1 Å². The minimum Gasteiger partial charge on any atom is -0.308 e. The van der Waals surface area contributed by atoms with E-state index < -0.39 is 0 Å². The zero-order valence-electron chi connectivity index (χ0n) is 7.49. The van der Waals surface area contributed by atoms with Crippen LogP contribution in [0.15, 0.2) is 29.8 Å². The predicted octanol–water partition coefficient (Wildman–Crippen LogP) is 3.84. The maximum absolute atomic E-state index is 5.96. The molecule has 0 aliphatic carbocycles. The van der Waals surface area contributed by atoms with Gasteiger partial charge < -0.3 is 5.32 Å². The van der Waals surface area contributed by atoms with Crippen LogP contribution >= 0.6 is 34.8 Å². The van der Waals surface area contributed by atoms with Crippen molar-refractivity contribution >= 4 is 34.8 Å². The third-order valence-electron chi connectivity index (χ3n) is 1.64. The first-order chi connectivity index (χ1) is 6.59. The first kappa shape index (κ1) is 11.9. The van der Waals surface area contributed by atoms with Gasteiger partial charge in [0, 0.05) is 28.2 Å². The van der Waals surface area contributed by atoms with E-state index in [2.05, 4.69) is 11.9 Å². The molecule has 0 amide bonds. The lowest BCUT2D eigenvalue weighted by Crippen LogP contribution is -2.14. The van der Waals surface area contributed by atoms with Gasteiger partial charge in [-0.2, -0.15) is 0 Å². The summed E-state index contributed by atoms with van der Waals surface area (Å²) >= 11 is 17.4. The van der Waals surface area contributed by atoms with Gasteiger partial charge in [-0.05, 0) is 23.8 Å². The van der Waals surface area contributed by atoms with Crippen LogP contribution in [0.4, 0.5) is 0 Å². The minimum absolute atomic E-state index is 0.560. The highest BCUT2D eigenvalue weighted by molar-refractivity contribution is 6.33. The van der Waals surface area contributed by atoms with Crippen molar-refractivity contribution in [2.75, 3.05) is 6.54 Å². The molecule has 76 valence electrons. The minimum atomic E-state index is 0.560. The van der Waals surface area contributed by atoms with Gasteiger partial charge in [0.2, 0.25) is 0 Å². The summed E-state index contributed by atoms with van der Waals surface area (Å²) in [5.74, 6) is 0. The van der Waals surface area contributed by atoms with Crippen LogP contribution in [-0.2, 0) is 6.54 Å². The summed E-state index contributed by atoms with van der Waals surface area (Å²) in [7, 11) is 0. The molecule has 0 saturated heterocycles. The highest BCUT2D eigenvalue weighted by atomic mass is 35.5. The van der Waals surface area contributed by atoms with E-state index in [1.807, 2.05) is 6.07 Å². The molecule has 0 saturated carbocycles. The first-order valence-electron chi connectivity index (χ1n) is 4.07. The summed E-state index contributed by atoms with van der Waals surface area (Å²) in [5, 5.41) is 5.04. The van der Waals surface area contributed by atoms with E-state index in [0.717, 1.165) is 5.56 Å². The Kier molecular flexibility index (Phi) is 4.76. The second kappa shape index (κ2) is 5.62. The number of rotatable bonds is 4. The molecule has 0 unspecified atom stereocenters. The fourth-order valence-electron chi connectivity index (χ4n) is 1.01. The Hall–Kier alpha value is -0.210. The van der Waals surface area contributed by atoms with Crippen LogP contribution in [0.2, 0.25) is 10.0 Å². The zero-order valence-corrected chi connectivity index (χ0v) is 9.76. The molecule has 1 aromatic rings. The van der Waals surface area contributed by atoms with E-state index in [9.17, 15) is 0 Å². The Bertz CT molecular complexity index is 336. The van der Waals surface area contributed by atoms with Crippen LogP contribution < -0.4 is 5.32 Å². The lowest BCUT2D eigenvalue weighted by atomic mass is 10.2. The number of halogens is 3. The first-order valence-corrected chi connectivity index (χ1v) is 5.21. The average Bonchev–Trinajstić information content (AvgIpc) is 2.10. The van der Waals surface area contributed by atoms with Gasteiger partial charge in [0.25, 0.3) is 0 Å². The molecule has 1 rings (SSSR count). The van der Waals surface area contributed by atoms with Crippen LogP contribution in [0, 0.1) is 0 Å². The molecule has 0 atom stereocenters. The van der Waals surface area contributed by atoms with Crippen LogP contribution in [0.3, 0.4) is 0 Å². The van der Waals surface area contributed by atoms with Crippen LogP contribution in [0.1, 0.15) is 5.56 Å². The number of hydrogen-bond donors (Lipinski definition) is 1. The van der Waals surface area contributed by atoms with Crippen molar-refractivity contribution in [2.45, 2.75) is 6.54 Å². The van der Waals surface area contributed by atoms with Crippen molar-refractivity contribution in [2.24, 2.45) is 0 Å². The van der Waals surface area contributed by atoms with Gasteiger partial charge in [-0.25, -0.2) is 0 Å². The molecule has 0 radical (unpaired) electrons. The van der Waals surface area contributed by atoms with Crippen LogP contribution in [0.5, 0.6) is 0 Å². The zero-order chi connectivity index (χ0) is 10.6. The van der Waals surface area contributed by atoms with E-state index in [0.29, 0.717) is 28.2 Å². The molecular formula is C10H10Cl3N. The SMILES string of the molecule is C=C(Cl)CNCc1cc(Cl)ccc1Cl. The van der Waals surface area contributed by atoms with Crippen molar-refractivity contribution in [3.05, 3.63) is 45.4 Å². The Balaban J connectivity index is 2.57. The Morgan fingerprint density at radius 3 is 2.71 bits per heavy atom. The lowest BCUT2D eigenvalue weighted by Gasteiger charge is -2.06. The maximum atomic E-state index is 5.96. The molecule has 0 bridgehead atoms. The molecule has 1 N–H and O–H groups in total. The molecule has 1 aromatic carbocycles. The Labute approximate surface area is 98.7 Å². The van der Waals surface area contributed by atoms with Gasteiger partial charge in [0.05, 0.1) is 0 Å². The molecule has 1 nitrogen and oxygen atoms in total. The number of hydrogen-bond acceptors (Lipinski definition) is 1. The fraction of sp³-hybridized carbons (Fsp3) is 0.200. The second-order valence-corrected chi connectivity index (χ2v) is 4.23. The monoisotopic (exact) mass is 249 g/mol. The fourth-order valence-corrected chi connectivity index (χ4v) is 1.49. The standard InChI is InChI=1S/C10H10Cl3N/c1-7(11)5-14-6-8-4-9(12)2-3-10(8)13/h2-4,14H,1,5-6H2. The largest absolute Gasteiger partial charge is 0.308 e. The third-order valence-corrected chi connectivity index (χ3v) is 2.38. The maximum Gasteiger partial charge on any atom is 0.0451 e. The van der Waals surface area contributed by atoms with Gasteiger partial charge in [-0.15, -0.1) is 0 Å². The summed E-state index contributed by atoms with van der Waals surface area (Å²) in [6.07, 6.45) is 0. The molecule has 0 aliphatic heterocycles. The summed E-state index contributed by atoms with van der Waals surface area (Å²) in [4.78, 5) is 0. The molecular weight excluding hydrogens is 240 g/mol. The quantitative estimate of drug-likeness (QED) is 0.856. The van der Waals surface area contributed by atoms with Crippen molar-refractivity contribution in [1.29, 1.82) is 0 Å². The Morgan fingerprint density at radius 2 is 2.07 bits per heavy atom. The van der Waals surface area contributed by atoms with E-state index in [1.165, 1.54) is 0 Å². The third kappa shape index (κ3) is 3.89. The van der Waals surface area contributed by atoms with Crippen molar-refractivity contribution in [1.82, 2.24) is 5.32 Å². The molecule has 0 aliphatic rings. The summed E-state index contributed by atoms with van der Waals surface area (Å²) in [6.45, 7) is 4.76. The molecule has 0 spiro atoms. The van der Waals surface area contributed by atoms with Gasteiger partial charge in [-0.1, -0.05) is 41.4 Å². The molecule has 0 fully saturated rings. The summed E-state index contributed by atoms with van der Waals surface area (Å²) in [6, 6.07) is 5.36. The molecule has 14 heavy (non-hydrogen) atoms. The summed E-state index contributed by atoms with van der Waals surface area (Å²) in [5.41, 5.74) is 0.956. The van der Waals surface area contributed by atoms with Gasteiger partial charge >= 0.3 is 0 Å². The number of nitrogens with one attached hydrogen (secondary N) is 1. The highest BCUT2D eigenvalue weighted by Crippen LogP contribution is 2.20. The molecule has 4 heteroatoms. The van der Waals surface area contributed by atoms with Crippen LogP contribution in [0.25, 0.3) is 0 Å². The van der Waals surface area contributed by atoms with Crippen molar-refractivity contribution in [3.63, 3.8) is 0 Å². The second-order valence-electron chi connectivity index (χ2n) is 2.86. The average molecular weight is 251 g/mol. The van der Waals surface area contributed by atoms with Crippen molar-refractivity contribution < 1.29 is 0 Å². The van der Waals surface area contributed by atoms with E-state index >= 15 is 0 Å².